The quantitative estimate of drug-likeness (QED) is 0.865. The lowest BCUT2D eigenvalue weighted by molar-refractivity contribution is -0.140. The summed E-state index contributed by atoms with van der Waals surface area (Å²) < 4.78 is 5.85. The molecule has 1 N–H and O–H groups in total. The molecule has 7 nitrogen and oxygen atoms in total. The van der Waals surface area contributed by atoms with Crippen LogP contribution in [-0.2, 0) is 9.59 Å². The fourth-order valence-corrected chi connectivity index (χ4v) is 3.29. The van der Waals surface area contributed by atoms with Crippen LogP contribution in [0.15, 0.2) is 24.3 Å². The van der Waals surface area contributed by atoms with Crippen LogP contribution in [0, 0.1) is 12.8 Å². The van der Waals surface area contributed by atoms with Gasteiger partial charge in [-0.15, -0.1) is 0 Å². The smallest absolute Gasteiger partial charge is 0.324 e. The first-order chi connectivity index (χ1) is 12.5. The maximum atomic E-state index is 12.5. The van der Waals surface area contributed by atoms with Gasteiger partial charge in [0, 0.05) is 32.0 Å². The fraction of sp³-hybridized carbons (Fsp3) is 0.526. The summed E-state index contributed by atoms with van der Waals surface area (Å²) in [5, 5.41) is 2.60. The first-order valence-electron chi connectivity index (χ1n) is 9.08. The molecule has 0 saturated carbocycles. The van der Waals surface area contributed by atoms with E-state index < -0.39 is 6.03 Å². The van der Waals surface area contributed by atoms with E-state index in [9.17, 15) is 14.4 Å². The van der Waals surface area contributed by atoms with E-state index in [0.29, 0.717) is 26.2 Å². The molecule has 3 rings (SSSR count). The van der Waals surface area contributed by atoms with Crippen LogP contribution < -0.4 is 10.1 Å². The summed E-state index contributed by atoms with van der Waals surface area (Å²) in [7, 11) is 0. The zero-order valence-corrected chi connectivity index (χ0v) is 15.1. The van der Waals surface area contributed by atoms with E-state index in [-0.39, 0.29) is 30.7 Å². The minimum Gasteiger partial charge on any atom is -0.493 e. The monoisotopic (exact) mass is 359 g/mol. The van der Waals surface area contributed by atoms with E-state index in [1.165, 1.54) is 5.56 Å². The Hall–Kier alpha value is -2.57. The maximum absolute atomic E-state index is 12.5. The number of carbonyl (C=O) groups is 3. The normalized spacial score (nSPS) is 20.7. The summed E-state index contributed by atoms with van der Waals surface area (Å²) in [4.78, 5) is 38.9. The van der Waals surface area contributed by atoms with Crippen LogP contribution in [-0.4, -0.2) is 60.4 Å². The van der Waals surface area contributed by atoms with Gasteiger partial charge in [-0.1, -0.05) is 17.7 Å². The van der Waals surface area contributed by atoms with Crippen molar-refractivity contribution in [2.45, 2.75) is 26.2 Å². The highest BCUT2D eigenvalue weighted by atomic mass is 16.5. The van der Waals surface area contributed by atoms with Gasteiger partial charge in [0.05, 0.1) is 6.61 Å². The lowest BCUT2D eigenvalue weighted by Crippen LogP contribution is -2.54. The van der Waals surface area contributed by atoms with Crippen molar-refractivity contribution in [3.8, 4) is 5.75 Å². The van der Waals surface area contributed by atoms with E-state index >= 15 is 0 Å². The lowest BCUT2D eigenvalue weighted by atomic mass is 9.99. The largest absolute Gasteiger partial charge is 0.493 e. The average molecular weight is 359 g/mol. The second kappa shape index (κ2) is 8.21. The highest BCUT2D eigenvalue weighted by molar-refractivity contribution is 6.00. The number of carbonyl (C=O) groups excluding carboxylic acids is 3. The van der Waals surface area contributed by atoms with Crippen LogP contribution in [0.5, 0.6) is 5.75 Å². The molecule has 1 unspecified atom stereocenters. The molecule has 2 fully saturated rings. The van der Waals surface area contributed by atoms with E-state index in [0.717, 1.165) is 23.5 Å². The Bertz CT molecular complexity index is 658. The van der Waals surface area contributed by atoms with Crippen molar-refractivity contribution < 1.29 is 19.1 Å². The number of nitrogens with zero attached hydrogens (tertiary/aromatic N) is 2. The summed E-state index contributed by atoms with van der Waals surface area (Å²) in [6, 6.07) is 7.42. The number of benzene rings is 1. The molecular formula is C19H25N3O4. The van der Waals surface area contributed by atoms with Crippen molar-refractivity contribution in [2.24, 2.45) is 5.92 Å². The molecule has 0 aliphatic carbocycles. The van der Waals surface area contributed by atoms with Crippen LogP contribution in [0.25, 0.3) is 0 Å². The number of likely N-dealkylation sites (tertiary alicyclic amines) is 1. The fourth-order valence-electron chi connectivity index (χ4n) is 3.29. The minimum atomic E-state index is -0.481. The Kier molecular flexibility index (Phi) is 5.75. The van der Waals surface area contributed by atoms with Crippen LogP contribution in [0.3, 0.4) is 0 Å². The summed E-state index contributed by atoms with van der Waals surface area (Å²) in [6.07, 6.45) is 2.14. The molecule has 0 spiro atoms. The Balaban J connectivity index is 1.50. The molecule has 1 atom stereocenters. The number of hydrogen-bond donors (Lipinski definition) is 1. The SMILES string of the molecule is Cc1ccc(OCC2CCCN(C(=O)CN3C(=O)CCNC3=O)C2)cc1. The molecule has 0 bridgehead atoms. The minimum absolute atomic E-state index is 0.184. The first kappa shape index (κ1) is 18.2. The number of rotatable bonds is 5. The number of piperidine rings is 1. The number of nitrogens with one attached hydrogen (secondary N) is 1. The summed E-state index contributed by atoms with van der Waals surface area (Å²) in [5.74, 6) is 0.600. The van der Waals surface area contributed by atoms with Crippen molar-refractivity contribution in [2.75, 3.05) is 32.8 Å². The molecule has 1 aromatic carbocycles. The van der Waals surface area contributed by atoms with E-state index in [4.69, 9.17) is 4.74 Å². The molecule has 0 aromatic heterocycles. The van der Waals surface area contributed by atoms with E-state index in [2.05, 4.69) is 5.32 Å². The predicted octanol–water partition coefficient (Wildman–Crippen LogP) is 1.55. The van der Waals surface area contributed by atoms with Gasteiger partial charge in [0.15, 0.2) is 0 Å². The topological polar surface area (TPSA) is 79.0 Å². The van der Waals surface area contributed by atoms with Crippen molar-refractivity contribution in [3.63, 3.8) is 0 Å². The van der Waals surface area contributed by atoms with Gasteiger partial charge in [-0.25, -0.2) is 4.79 Å². The van der Waals surface area contributed by atoms with Crippen molar-refractivity contribution in [1.82, 2.24) is 15.1 Å². The second-order valence-corrected chi connectivity index (χ2v) is 6.93. The highest BCUT2D eigenvalue weighted by Crippen LogP contribution is 2.19. The average Bonchev–Trinajstić information content (AvgIpc) is 2.64. The Morgan fingerprint density at radius 2 is 2.04 bits per heavy atom. The van der Waals surface area contributed by atoms with Crippen LogP contribution >= 0.6 is 0 Å². The predicted molar refractivity (Wildman–Crippen MR) is 95.7 cm³/mol. The number of imide groups is 1. The molecule has 7 heteroatoms. The number of urea groups is 1. The van der Waals surface area contributed by atoms with Gasteiger partial charge in [0.25, 0.3) is 0 Å². The zero-order chi connectivity index (χ0) is 18.5. The first-order valence-corrected chi connectivity index (χ1v) is 9.08. The third-order valence-electron chi connectivity index (χ3n) is 4.83. The van der Waals surface area contributed by atoms with E-state index in [1.807, 2.05) is 31.2 Å². The molecule has 4 amide bonds. The second-order valence-electron chi connectivity index (χ2n) is 6.93. The Morgan fingerprint density at radius 3 is 2.77 bits per heavy atom. The molecule has 2 saturated heterocycles. The van der Waals surface area contributed by atoms with Crippen LogP contribution in [0.4, 0.5) is 4.79 Å². The Labute approximate surface area is 153 Å². The molecule has 2 heterocycles. The van der Waals surface area contributed by atoms with E-state index in [1.54, 1.807) is 4.90 Å². The number of aryl methyl sites for hydroxylation is 1. The molecule has 140 valence electrons. The van der Waals surface area contributed by atoms with Gasteiger partial charge in [0.1, 0.15) is 12.3 Å². The maximum Gasteiger partial charge on any atom is 0.324 e. The third-order valence-corrected chi connectivity index (χ3v) is 4.83. The van der Waals surface area contributed by atoms with Gasteiger partial charge in [-0.2, -0.15) is 0 Å². The van der Waals surface area contributed by atoms with Crippen molar-refractivity contribution >= 4 is 17.8 Å². The van der Waals surface area contributed by atoms with Gasteiger partial charge in [-0.05, 0) is 31.9 Å². The molecule has 0 radical (unpaired) electrons. The summed E-state index contributed by atoms with van der Waals surface area (Å²) >= 11 is 0. The summed E-state index contributed by atoms with van der Waals surface area (Å²) in [6.45, 7) is 3.98. The standard InChI is InChI=1S/C19H25N3O4/c1-14-4-6-16(7-5-14)26-13-15-3-2-10-21(11-15)18(24)12-22-17(23)8-9-20-19(22)25/h4-7,15H,2-3,8-13H2,1H3,(H,20,25). The van der Waals surface area contributed by atoms with Crippen LogP contribution in [0.2, 0.25) is 0 Å². The molecule has 2 aliphatic rings. The number of ether oxygens (including phenoxy) is 1. The number of hydrogen-bond acceptors (Lipinski definition) is 4. The lowest BCUT2D eigenvalue weighted by Gasteiger charge is -2.34. The van der Waals surface area contributed by atoms with Crippen molar-refractivity contribution in [1.29, 1.82) is 0 Å². The Morgan fingerprint density at radius 1 is 1.27 bits per heavy atom. The van der Waals surface area contributed by atoms with Gasteiger partial charge >= 0.3 is 6.03 Å². The summed E-state index contributed by atoms with van der Waals surface area (Å²) in [5.41, 5.74) is 1.18. The number of amides is 4. The van der Waals surface area contributed by atoms with Crippen molar-refractivity contribution in [3.05, 3.63) is 29.8 Å². The molecule has 1 aromatic rings. The zero-order valence-electron chi connectivity index (χ0n) is 15.1. The van der Waals surface area contributed by atoms with Crippen LogP contribution in [0.1, 0.15) is 24.8 Å². The molecule has 26 heavy (non-hydrogen) atoms. The molecule has 2 aliphatic heterocycles. The highest BCUT2D eigenvalue weighted by Gasteiger charge is 2.31. The third kappa shape index (κ3) is 4.53. The van der Waals surface area contributed by atoms with Gasteiger partial charge < -0.3 is 15.0 Å². The van der Waals surface area contributed by atoms with Gasteiger partial charge in [0.2, 0.25) is 11.8 Å². The van der Waals surface area contributed by atoms with Gasteiger partial charge in [-0.3, -0.25) is 14.5 Å². The molecular weight excluding hydrogens is 334 g/mol.